The third kappa shape index (κ3) is 3.15. The number of fused-ring (bicyclic) bond motifs is 2. The fraction of sp³-hybridized carbons (Fsp3) is 0.632. The van der Waals surface area contributed by atoms with Crippen LogP contribution < -0.4 is 4.90 Å². The maximum absolute atomic E-state index is 4.25. The molecule has 2 atom stereocenters. The number of benzene rings is 1. The first-order valence-corrected chi connectivity index (χ1v) is 9.61. The lowest BCUT2D eigenvalue weighted by Crippen LogP contribution is -2.24. The van der Waals surface area contributed by atoms with E-state index in [2.05, 4.69) is 41.3 Å². The Kier molecular flexibility index (Phi) is 5.85. The van der Waals surface area contributed by atoms with Crippen molar-refractivity contribution >= 4 is 27.3 Å². The fourth-order valence-corrected chi connectivity index (χ4v) is 4.45. The third-order valence-electron chi connectivity index (χ3n) is 4.73. The molecule has 2 aliphatic rings. The molecule has 0 amide bonds. The number of nitrogens with zero attached hydrogens (tertiary/aromatic N) is 2. The number of anilines is 1. The van der Waals surface area contributed by atoms with Crippen LogP contribution >= 0.6 is 11.5 Å². The number of piperidine rings is 1. The molecule has 22 heavy (non-hydrogen) atoms. The smallest absolute Gasteiger partial charge is 0.0551 e. The van der Waals surface area contributed by atoms with Crippen molar-refractivity contribution in [2.45, 2.75) is 41.5 Å². The van der Waals surface area contributed by atoms with Crippen molar-refractivity contribution in [1.82, 2.24) is 4.37 Å². The number of hydrogen-bond acceptors (Lipinski definition) is 3. The lowest BCUT2D eigenvalue weighted by atomic mass is 10.0. The average Bonchev–Trinajstić information content (AvgIpc) is 2.94. The molecule has 1 saturated carbocycles. The van der Waals surface area contributed by atoms with Crippen molar-refractivity contribution in [2.75, 3.05) is 18.0 Å². The van der Waals surface area contributed by atoms with Crippen LogP contribution in [0.2, 0.25) is 0 Å². The molecule has 2 fully saturated rings. The van der Waals surface area contributed by atoms with Gasteiger partial charge in [0.05, 0.1) is 4.70 Å². The first kappa shape index (κ1) is 17.3. The van der Waals surface area contributed by atoms with E-state index >= 15 is 0 Å². The van der Waals surface area contributed by atoms with E-state index in [0.29, 0.717) is 0 Å². The summed E-state index contributed by atoms with van der Waals surface area (Å²) in [6.07, 6.45) is 1.98. The topological polar surface area (TPSA) is 16.1 Å². The van der Waals surface area contributed by atoms with E-state index in [1.54, 1.807) is 11.5 Å². The first-order valence-electron chi connectivity index (χ1n) is 8.83. The largest absolute Gasteiger partial charge is 0.371 e. The normalized spacial score (nSPS) is 25.2. The highest BCUT2D eigenvalue weighted by atomic mass is 32.1. The van der Waals surface area contributed by atoms with Gasteiger partial charge in [0.2, 0.25) is 0 Å². The third-order valence-corrected chi connectivity index (χ3v) is 5.51. The van der Waals surface area contributed by atoms with Gasteiger partial charge < -0.3 is 4.90 Å². The van der Waals surface area contributed by atoms with Crippen LogP contribution in [-0.2, 0) is 0 Å². The first-order chi connectivity index (χ1) is 10.7. The predicted octanol–water partition coefficient (Wildman–Crippen LogP) is 5.69. The summed E-state index contributed by atoms with van der Waals surface area (Å²) in [5, 5.41) is 1.29. The van der Waals surface area contributed by atoms with E-state index < -0.39 is 0 Å². The summed E-state index contributed by atoms with van der Waals surface area (Å²) >= 11 is 1.58. The Bertz CT molecular complexity index is 578. The van der Waals surface area contributed by atoms with Crippen molar-refractivity contribution in [3.63, 3.8) is 0 Å². The lowest BCUT2D eigenvalue weighted by Gasteiger charge is -2.23. The Hall–Kier alpha value is -1.09. The van der Waals surface area contributed by atoms with Gasteiger partial charge in [-0.3, -0.25) is 0 Å². The summed E-state index contributed by atoms with van der Waals surface area (Å²) < 4.78 is 5.55. The maximum atomic E-state index is 4.25. The quantitative estimate of drug-likeness (QED) is 0.707. The van der Waals surface area contributed by atoms with Gasteiger partial charge in [0, 0.05) is 30.4 Å². The Labute approximate surface area is 139 Å². The summed E-state index contributed by atoms with van der Waals surface area (Å²) in [5.74, 6) is 3.78. The van der Waals surface area contributed by atoms with Gasteiger partial charge in [-0.15, -0.1) is 0 Å². The molecule has 1 aromatic heterocycles. The number of hydrogen-bond donors (Lipinski definition) is 0. The van der Waals surface area contributed by atoms with Crippen molar-refractivity contribution in [2.24, 2.45) is 23.7 Å². The fourth-order valence-electron chi connectivity index (χ4n) is 3.83. The minimum Gasteiger partial charge on any atom is -0.371 e. The molecule has 1 aliphatic heterocycles. The molecule has 0 bridgehead atoms. The van der Waals surface area contributed by atoms with E-state index in [1.807, 2.05) is 33.9 Å². The van der Waals surface area contributed by atoms with Crippen molar-refractivity contribution in [3.8, 4) is 0 Å². The molecule has 0 spiro atoms. The molecule has 1 saturated heterocycles. The Balaban J connectivity index is 0.000000410. The highest BCUT2D eigenvalue weighted by molar-refractivity contribution is 7.13. The maximum Gasteiger partial charge on any atom is 0.0551 e. The van der Waals surface area contributed by atoms with Crippen molar-refractivity contribution in [1.29, 1.82) is 0 Å². The van der Waals surface area contributed by atoms with Gasteiger partial charge in [-0.25, -0.2) is 0 Å². The summed E-state index contributed by atoms with van der Waals surface area (Å²) in [6, 6.07) is 6.77. The molecular formula is C19H30N2S. The number of aromatic nitrogens is 1. The van der Waals surface area contributed by atoms with E-state index in [9.17, 15) is 0 Å². The van der Waals surface area contributed by atoms with Crippen LogP contribution in [0, 0.1) is 23.7 Å². The van der Waals surface area contributed by atoms with Gasteiger partial charge in [0.1, 0.15) is 0 Å². The zero-order valence-corrected chi connectivity index (χ0v) is 15.7. The van der Waals surface area contributed by atoms with Crippen LogP contribution in [0.5, 0.6) is 0 Å². The minimum atomic E-state index is 0.866. The molecule has 3 heteroatoms. The Morgan fingerprint density at radius 2 is 1.73 bits per heavy atom. The second-order valence-corrected chi connectivity index (χ2v) is 6.94. The van der Waals surface area contributed by atoms with Gasteiger partial charge in [0.25, 0.3) is 0 Å². The summed E-state index contributed by atoms with van der Waals surface area (Å²) in [4.78, 5) is 2.56. The lowest BCUT2D eigenvalue weighted by molar-refractivity contribution is 0.480. The van der Waals surface area contributed by atoms with E-state index in [-0.39, 0.29) is 0 Å². The van der Waals surface area contributed by atoms with Crippen molar-refractivity contribution in [3.05, 3.63) is 24.4 Å². The van der Waals surface area contributed by atoms with Crippen LogP contribution in [0.1, 0.15) is 41.5 Å². The van der Waals surface area contributed by atoms with E-state index in [1.165, 1.54) is 28.9 Å². The Morgan fingerprint density at radius 1 is 1.09 bits per heavy atom. The molecule has 1 aliphatic carbocycles. The van der Waals surface area contributed by atoms with Gasteiger partial charge >= 0.3 is 0 Å². The van der Waals surface area contributed by atoms with Gasteiger partial charge in [-0.1, -0.05) is 41.5 Å². The molecule has 1 aromatic carbocycles. The summed E-state index contributed by atoms with van der Waals surface area (Å²) in [5.41, 5.74) is 1.39. The minimum absolute atomic E-state index is 0.866. The van der Waals surface area contributed by atoms with Gasteiger partial charge in [-0.05, 0) is 53.4 Å². The molecule has 122 valence electrons. The van der Waals surface area contributed by atoms with Gasteiger partial charge in [0.15, 0.2) is 0 Å². The van der Waals surface area contributed by atoms with E-state index in [4.69, 9.17) is 0 Å². The van der Waals surface area contributed by atoms with Crippen LogP contribution in [0.3, 0.4) is 0 Å². The summed E-state index contributed by atoms with van der Waals surface area (Å²) in [6.45, 7) is 15.3. The van der Waals surface area contributed by atoms with Crippen LogP contribution in [0.15, 0.2) is 24.4 Å². The zero-order chi connectivity index (χ0) is 16.3. The predicted molar refractivity (Wildman–Crippen MR) is 99.8 cm³/mol. The highest BCUT2D eigenvalue weighted by Crippen LogP contribution is 2.56. The van der Waals surface area contributed by atoms with Gasteiger partial charge in [-0.2, -0.15) is 4.37 Å². The molecule has 0 radical (unpaired) electrons. The van der Waals surface area contributed by atoms with E-state index in [0.717, 1.165) is 23.7 Å². The number of rotatable bonds is 2. The second kappa shape index (κ2) is 7.45. The van der Waals surface area contributed by atoms with Crippen LogP contribution in [0.25, 0.3) is 10.1 Å². The van der Waals surface area contributed by atoms with Crippen LogP contribution in [-0.4, -0.2) is 17.5 Å². The summed E-state index contributed by atoms with van der Waals surface area (Å²) in [7, 11) is 0. The SMILES string of the molecule is CC.CC.CC(C)C1C2CN(c3ccc4sncc4c3)CC21. The second-order valence-electron chi connectivity index (χ2n) is 6.10. The molecule has 2 nitrogen and oxygen atoms in total. The molecule has 2 aromatic rings. The molecule has 4 rings (SSSR count). The Morgan fingerprint density at radius 3 is 2.32 bits per heavy atom. The molecule has 2 unspecified atom stereocenters. The van der Waals surface area contributed by atoms with Crippen LogP contribution in [0.4, 0.5) is 5.69 Å². The molecular weight excluding hydrogens is 288 g/mol. The standard InChI is InChI=1S/C15H18N2S.2C2H6/c1-9(2)15-12-7-17(8-13(12)15)11-3-4-14-10(5-11)6-16-18-14;2*1-2/h3-6,9,12-13,15H,7-8H2,1-2H3;2*1-2H3. The molecule has 2 heterocycles. The zero-order valence-electron chi connectivity index (χ0n) is 14.8. The average molecular weight is 319 g/mol. The highest BCUT2D eigenvalue weighted by Gasteiger charge is 2.56. The molecule has 0 N–H and O–H groups in total. The monoisotopic (exact) mass is 318 g/mol. The van der Waals surface area contributed by atoms with Crippen molar-refractivity contribution < 1.29 is 0 Å².